The molecule has 2 amide bonds. The number of benzene rings is 1. The van der Waals surface area contributed by atoms with Gasteiger partial charge < -0.3 is 20.5 Å². The van der Waals surface area contributed by atoms with E-state index in [1.807, 2.05) is 6.07 Å². The molecule has 0 aromatic heterocycles. The Morgan fingerprint density at radius 1 is 1.24 bits per heavy atom. The van der Waals surface area contributed by atoms with E-state index < -0.39 is 12.7 Å². The molecule has 2 unspecified atom stereocenters. The van der Waals surface area contributed by atoms with Crippen LogP contribution in [0.4, 0.5) is 8.78 Å². The normalized spacial score (nSPS) is 35.5. The molecule has 5 fully saturated rings. The summed E-state index contributed by atoms with van der Waals surface area (Å²) in [7, 11) is 0. The molecule has 3 atom stereocenters. The highest BCUT2D eigenvalue weighted by molar-refractivity contribution is 5.83. The molecule has 1 aromatic rings. The first kappa shape index (κ1) is 22.5. The Hall–Kier alpha value is -2.26. The number of ether oxygens (including phenoxy) is 2. The molecule has 6 rings (SSSR count). The molecule has 0 spiro atoms. The molecule has 180 valence electrons. The Morgan fingerprint density at radius 2 is 2.00 bits per heavy atom. The molecule has 1 aliphatic heterocycles. The van der Waals surface area contributed by atoms with Crippen molar-refractivity contribution in [3.8, 4) is 5.75 Å². The highest BCUT2D eigenvalue weighted by Gasteiger charge is 2.58. The van der Waals surface area contributed by atoms with Crippen LogP contribution in [0.3, 0.4) is 0 Å². The Kier molecular flexibility index (Phi) is 6.03. The summed E-state index contributed by atoms with van der Waals surface area (Å²) >= 11 is 0. The number of hydrogen-bond acceptors (Lipinski definition) is 5. The standard InChI is InChI=1S/C24H31F2N3O4/c25-23(26)33-18-3-1-2-14(8-18)12-29-4-5-32-19(13-29)21(30)28-20-16-6-15-7-17(20)11-24(9-15,10-16)22(27)31/h1-3,8,15-17,19-20,23H,4-7,9-13H2,(H2,27,31)(H,28,30)/t15?,16?,17?,19-,20?,24?/m1/s1. The zero-order chi connectivity index (χ0) is 23.2. The number of halogens is 2. The van der Waals surface area contributed by atoms with Crippen LogP contribution in [0.5, 0.6) is 5.75 Å². The number of nitrogens with zero attached hydrogens (tertiary/aromatic N) is 1. The fraction of sp³-hybridized carbons (Fsp3) is 0.667. The molecule has 7 nitrogen and oxygen atoms in total. The van der Waals surface area contributed by atoms with E-state index in [1.165, 1.54) is 6.07 Å². The minimum Gasteiger partial charge on any atom is -0.435 e. The smallest absolute Gasteiger partial charge is 0.387 e. The van der Waals surface area contributed by atoms with Crippen molar-refractivity contribution >= 4 is 11.8 Å². The Morgan fingerprint density at radius 3 is 2.70 bits per heavy atom. The van der Waals surface area contributed by atoms with E-state index >= 15 is 0 Å². The summed E-state index contributed by atoms with van der Waals surface area (Å²) in [4.78, 5) is 27.4. The first-order valence-electron chi connectivity index (χ1n) is 11.8. The Bertz CT molecular complexity index is 897. The fourth-order valence-corrected chi connectivity index (χ4v) is 6.90. The Balaban J connectivity index is 1.19. The third kappa shape index (κ3) is 4.57. The summed E-state index contributed by atoms with van der Waals surface area (Å²) in [5.74, 6) is 0.964. The zero-order valence-corrected chi connectivity index (χ0v) is 18.6. The van der Waals surface area contributed by atoms with Gasteiger partial charge in [0.25, 0.3) is 5.91 Å². The molecule has 33 heavy (non-hydrogen) atoms. The van der Waals surface area contributed by atoms with E-state index in [4.69, 9.17) is 10.5 Å². The molecule has 4 aliphatic carbocycles. The van der Waals surface area contributed by atoms with E-state index in [0.717, 1.165) is 37.7 Å². The molecule has 9 heteroatoms. The van der Waals surface area contributed by atoms with Crippen LogP contribution in [0, 0.1) is 23.2 Å². The molecular weight excluding hydrogens is 432 g/mol. The largest absolute Gasteiger partial charge is 0.435 e. The lowest BCUT2D eigenvalue weighted by molar-refractivity contribution is -0.151. The van der Waals surface area contributed by atoms with E-state index in [0.29, 0.717) is 44.0 Å². The third-order valence-electron chi connectivity index (χ3n) is 8.08. The molecule has 5 aliphatic rings. The number of nitrogens with two attached hydrogens (primary N) is 1. The van der Waals surface area contributed by atoms with Gasteiger partial charge in [-0.25, -0.2) is 0 Å². The van der Waals surface area contributed by atoms with Crippen molar-refractivity contribution < 1.29 is 27.8 Å². The summed E-state index contributed by atoms with van der Waals surface area (Å²) in [6.07, 6.45) is 3.96. The summed E-state index contributed by atoms with van der Waals surface area (Å²) in [6, 6.07) is 6.71. The second-order valence-electron chi connectivity index (χ2n) is 10.3. The van der Waals surface area contributed by atoms with Crippen LogP contribution < -0.4 is 15.8 Å². The lowest BCUT2D eigenvalue weighted by atomic mass is 9.47. The van der Waals surface area contributed by atoms with Gasteiger partial charge in [-0.2, -0.15) is 8.78 Å². The van der Waals surface area contributed by atoms with E-state index in [9.17, 15) is 18.4 Å². The highest BCUT2D eigenvalue weighted by Crippen LogP contribution is 2.59. The number of morpholine rings is 1. The van der Waals surface area contributed by atoms with Gasteiger partial charge >= 0.3 is 6.61 Å². The highest BCUT2D eigenvalue weighted by atomic mass is 19.3. The monoisotopic (exact) mass is 463 g/mol. The average molecular weight is 464 g/mol. The van der Waals surface area contributed by atoms with Gasteiger partial charge in [0.15, 0.2) is 0 Å². The van der Waals surface area contributed by atoms with Crippen LogP contribution in [0.1, 0.15) is 37.7 Å². The molecule has 3 N–H and O–H groups in total. The van der Waals surface area contributed by atoms with Gasteiger partial charge in [0.1, 0.15) is 11.9 Å². The van der Waals surface area contributed by atoms with Gasteiger partial charge in [0.05, 0.1) is 6.61 Å². The molecule has 0 radical (unpaired) electrons. The van der Waals surface area contributed by atoms with Crippen LogP contribution in [-0.4, -0.2) is 55.2 Å². The quantitative estimate of drug-likeness (QED) is 0.647. The number of carbonyl (C=O) groups excluding carboxylic acids is 2. The lowest BCUT2D eigenvalue weighted by Gasteiger charge is -2.59. The van der Waals surface area contributed by atoms with Crippen molar-refractivity contribution in [1.82, 2.24) is 10.2 Å². The van der Waals surface area contributed by atoms with Crippen molar-refractivity contribution in [3.05, 3.63) is 29.8 Å². The topological polar surface area (TPSA) is 93.9 Å². The van der Waals surface area contributed by atoms with Crippen LogP contribution in [0.25, 0.3) is 0 Å². The van der Waals surface area contributed by atoms with Gasteiger partial charge in [-0.15, -0.1) is 0 Å². The summed E-state index contributed by atoms with van der Waals surface area (Å²) in [5, 5.41) is 3.26. The molecule has 1 heterocycles. The van der Waals surface area contributed by atoms with Crippen molar-refractivity contribution in [3.63, 3.8) is 0 Å². The molecule has 1 aromatic carbocycles. The average Bonchev–Trinajstić information content (AvgIpc) is 2.75. The third-order valence-corrected chi connectivity index (χ3v) is 8.08. The molecule has 1 saturated heterocycles. The number of rotatable bonds is 7. The number of amides is 2. The van der Waals surface area contributed by atoms with Crippen molar-refractivity contribution in [2.75, 3.05) is 19.7 Å². The fourth-order valence-electron chi connectivity index (χ4n) is 6.90. The first-order valence-corrected chi connectivity index (χ1v) is 11.8. The second-order valence-corrected chi connectivity index (χ2v) is 10.3. The molecular formula is C24H31F2N3O4. The molecule has 4 bridgehead atoms. The van der Waals surface area contributed by atoms with Gasteiger partial charge in [0, 0.05) is 31.1 Å². The van der Waals surface area contributed by atoms with E-state index in [1.54, 1.807) is 12.1 Å². The van der Waals surface area contributed by atoms with Gasteiger partial charge in [-0.3, -0.25) is 14.5 Å². The van der Waals surface area contributed by atoms with Crippen LogP contribution in [0.15, 0.2) is 24.3 Å². The predicted octanol–water partition coefficient (Wildman–Crippen LogP) is 2.29. The van der Waals surface area contributed by atoms with E-state index in [-0.39, 0.29) is 29.0 Å². The van der Waals surface area contributed by atoms with Crippen LogP contribution in [-0.2, 0) is 20.9 Å². The second kappa shape index (κ2) is 8.83. The maximum Gasteiger partial charge on any atom is 0.387 e. The summed E-state index contributed by atoms with van der Waals surface area (Å²) in [5.41, 5.74) is 6.23. The predicted molar refractivity (Wildman–Crippen MR) is 115 cm³/mol. The lowest BCUT2D eigenvalue weighted by Crippen LogP contribution is -2.63. The minimum atomic E-state index is -2.86. The zero-order valence-electron chi connectivity index (χ0n) is 18.6. The Labute approximate surface area is 192 Å². The van der Waals surface area contributed by atoms with E-state index in [2.05, 4.69) is 15.0 Å². The van der Waals surface area contributed by atoms with Crippen LogP contribution in [0.2, 0.25) is 0 Å². The number of nitrogens with one attached hydrogen (secondary N) is 1. The van der Waals surface area contributed by atoms with Crippen molar-refractivity contribution in [1.29, 1.82) is 0 Å². The van der Waals surface area contributed by atoms with Crippen molar-refractivity contribution in [2.24, 2.45) is 28.9 Å². The van der Waals surface area contributed by atoms with Gasteiger partial charge in [-0.1, -0.05) is 12.1 Å². The number of alkyl halides is 2. The number of carbonyl (C=O) groups is 2. The maximum absolute atomic E-state index is 13.1. The SMILES string of the molecule is NC(=O)C12CC3CC(C1)C(NC(=O)[C@H]1CN(Cc4cccc(OC(F)F)c4)CCO1)C(C3)C2. The number of primary amides is 1. The van der Waals surface area contributed by atoms with Gasteiger partial charge in [-0.05, 0) is 67.6 Å². The maximum atomic E-state index is 13.1. The number of hydrogen-bond donors (Lipinski definition) is 2. The summed E-state index contributed by atoms with van der Waals surface area (Å²) < 4.78 is 35.3. The first-order chi connectivity index (χ1) is 15.8. The minimum absolute atomic E-state index is 0.0729. The van der Waals surface area contributed by atoms with Gasteiger partial charge in [0.2, 0.25) is 5.91 Å². The van der Waals surface area contributed by atoms with Crippen molar-refractivity contribution in [2.45, 2.75) is 57.4 Å². The van der Waals surface area contributed by atoms with Crippen LogP contribution >= 0.6 is 0 Å². The molecule has 4 saturated carbocycles. The summed E-state index contributed by atoms with van der Waals surface area (Å²) in [6.45, 7) is -0.830.